The third-order valence-corrected chi connectivity index (χ3v) is 4.06. The molecule has 21 heavy (non-hydrogen) atoms. The summed E-state index contributed by atoms with van der Waals surface area (Å²) in [6.07, 6.45) is 0. The molecule has 110 valence electrons. The van der Waals surface area contributed by atoms with E-state index in [0.717, 1.165) is 4.47 Å². The Morgan fingerprint density at radius 1 is 1.14 bits per heavy atom. The summed E-state index contributed by atoms with van der Waals surface area (Å²) in [4.78, 5) is 11.8. The fourth-order valence-electron chi connectivity index (χ4n) is 1.53. The van der Waals surface area contributed by atoms with Crippen molar-refractivity contribution in [2.45, 2.75) is 0 Å². The number of carbonyl (C=O) groups excluding carboxylic acids is 1. The molecule has 0 fully saturated rings. The fraction of sp³-hybridized carbons (Fsp3) is 0.0714. The maximum absolute atomic E-state index is 11.8. The number of ether oxygens (including phenoxy) is 1. The number of hydrogen-bond acceptors (Lipinski definition) is 2. The van der Waals surface area contributed by atoms with E-state index in [-0.39, 0.29) is 12.5 Å². The Kier molecular flexibility index (Phi) is 5.93. The second-order valence-corrected chi connectivity index (χ2v) is 6.66. The first-order valence-electron chi connectivity index (χ1n) is 5.78. The molecule has 2 rings (SSSR count). The Balaban J connectivity index is 1.97. The molecule has 1 amide bonds. The van der Waals surface area contributed by atoms with Crippen LogP contribution in [0.15, 0.2) is 45.3 Å². The molecule has 0 saturated heterocycles. The van der Waals surface area contributed by atoms with Gasteiger partial charge in [-0.05, 0) is 52.3 Å². The maximum Gasteiger partial charge on any atom is 0.262 e. The van der Waals surface area contributed by atoms with E-state index < -0.39 is 0 Å². The first-order valence-corrected chi connectivity index (χ1v) is 8.12. The van der Waals surface area contributed by atoms with Crippen molar-refractivity contribution >= 4 is 66.7 Å². The molecule has 0 spiro atoms. The lowest BCUT2D eigenvalue weighted by atomic mass is 10.3. The van der Waals surface area contributed by atoms with Crippen molar-refractivity contribution < 1.29 is 9.53 Å². The van der Waals surface area contributed by atoms with Crippen molar-refractivity contribution in [1.82, 2.24) is 0 Å². The summed E-state index contributed by atoms with van der Waals surface area (Å²) in [6.45, 7) is -0.157. The average Bonchev–Trinajstić information content (AvgIpc) is 2.40. The molecule has 0 aliphatic heterocycles. The minimum atomic E-state index is -0.282. The average molecular weight is 454 g/mol. The summed E-state index contributed by atoms with van der Waals surface area (Å²) in [5.41, 5.74) is 0.688. The second kappa shape index (κ2) is 7.49. The minimum absolute atomic E-state index is 0.157. The molecule has 0 unspecified atom stereocenters. The van der Waals surface area contributed by atoms with Gasteiger partial charge < -0.3 is 10.1 Å². The van der Waals surface area contributed by atoms with Crippen LogP contribution in [0.5, 0.6) is 5.75 Å². The molecule has 0 bridgehead atoms. The number of anilines is 1. The van der Waals surface area contributed by atoms with E-state index in [4.69, 9.17) is 27.9 Å². The number of amides is 1. The van der Waals surface area contributed by atoms with Crippen molar-refractivity contribution in [3.8, 4) is 5.75 Å². The van der Waals surface area contributed by atoms with Gasteiger partial charge in [-0.15, -0.1) is 0 Å². The highest BCUT2D eigenvalue weighted by atomic mass is 79.9. The Morgan fingerprint density at radius 3 is 2.43 bits per heavy atom. The van der Waals surface area contributed by atoms with Crippen LogP contribution in [0.2, 0.25) is 10.0 Å². The Hall–Kier alpha value is -0.750. The van der Waals surface area contributed by atoms with Crippen LogP contribution in [-0.2, 0) is 4.79 Å². The van der Waals surface area contributed by atoms with Crippen LogP contribution in [0, 0.1) is 0 Å². The largest absolute Gasteiger partial charge is 0.481 e. The van der Waals surface area contributed by atoms with Gasteiger partial charge in [0.2, 0.25) is 0 Å². The lowest BCUT2D eigenvalue weighted by Gasteiger charge is -2.11. The molecule has 0 atom stereocenters. The Labute approximate surface area is 148 Å². The summed E-state index contributed by atoms with van der Waals surface area (Å²) in [7, 11) is 0. The zero-order valence-corrected chi connectivity index (χ0v) is 15.2. The molecular formula is C14H9Br2Cl2NO2. The van der Waals surface area contributed by atoms with E-state index >= 15 is 0 Å². The molecule has 3 nitrogen and oxygen atoms in total. The summed E-state index contributed by atoms with van der Waals surface area (Å²) < 4.78 is 6.95. The third-order valence-electron chi connectivity index (χ3n) is 2.44. The molecule has 2 aromatic rings. The van der Waals surface area contributed by atoms with Gasteiger partial charge in [0.05, 0.1) is 9.50 Å². The second-order valence-electron chi connectivity index (χ2n) is 4.04. The number of carbonyl (C=O) groups is 1. The van der Waals surface area contributed by atoms with Crippen LogP contribution in [0.25, 0.3) is 0 Å². The summed E-state index contributed by atoms with van der Waals surface area (Å²) in [6, 6.07) is 10.4. The van der Waals surface area contributed by atoms with Gasteiger partial charge in [0.25, 0.3) is 5.91 Å². The molecule has 2 aromatic carbocycles. The van der Waals surface area contributed by atoms with Crippen LogP contribution in [-0.4, -0.2) is 12.5 Å². The van der Waals surface area contributed by atoms with Gasteiger partial charge in [0, 0.05) is 15.2 Å². The summed E-state index contributed by atoms with van der Waals surface area (Å²) >= 11 is 18.5. The van der Waals surface area contributed by atoms with Crippen LogP contribution < -0.4 is 10.1 Å². The van der Waals surface area contributed by atoms with Crippen molar-refractivity contribution in [2.24, 2.45) is 0 Å². The molecule has 7 heteroatoms. The van der Waals surface area contributed by atoms with Gasteiger partial charge in [-0.2, -0.15) is 0 Å². The number of halogens is 4. The standard InChI is InChI=1S/C14H9Br2Cl2NO2/c15-8-1-3-10(4-2-8)19-13(20)7-21-14-11(16)5-9(17)6-12(14)18/h1-6H,7H2,(H,19,20). The van der Waals surface area contributed by atoms with E-state index in [1.807, 2.05) is 12.1 Å². The van der Waals surface area contributed by atoms with E-state index in [2.05, 4.69) is 37.2 Å². The minimum Gasteiger partial charge on any atom is -0.481 e. The van der Waals surface area contributed by atoms with Crippen molar-refractivity contribution in [3.05, 3.63) is 55.4 Å². The fourth-order valence-corrected chi connectivity index (χ4v) is 3.17. The van der Waals surface area contributed by atoms with Crippen LogP contribution in [0.1, 0.15) is 0 Å². The number of rotatable bonds is 4. The van der Waals surface area contributed by atoms with E-state index in [1.54, 1.807) is 24.3 Å². The quantitative estimate of drug-likeness (QED) is 0.660. The maximum atomic E-state index is 11.8. The van der Waals surface area contributed by atoms with E-state index in [0.29, 0.717) is 26.0 Å². The molecule has 0 aromatic heterocycles. The zero-order valence-electron chi connectivity index (χ0n) is 10.5. The third kappa shape index (κ3) is 4.88. The van der Waals surface area contributed by atoms with Gasteiger partial charge in [-0.3, -0.25) is 4.79 Å². The number of hydrogen-bond donors (Lipinski definition) is 1. The van der Waals surface area contributed by atoms with Crippen LogP contribution >= 0.6 is 55.1 Å². The molecule has 0 radical (unpaired) electrons. The smallest absolute Gasteiger partial charge is 0.262 e. The van der Waals surface area contributed by atoms with Crippen molar-refractivity contribution in [2.75, 3.05) is 11.9 Å². The van der Waals surface area contributed by atoms with E-state index in [9.17, 15) is 4.79 Å². The highest BCUT2D eigenvalue weighted by Gasteiger charge is 2.11. The normalized spacial score (nSPS) is 10.3. The number of nitrogens with one attached hydrogen (secondary N) is 1. The van der Waals surface area contributed by atoms with Crippen LogP contribution in [0.4, 0.5) is 5.69 Å². The molecule has 0 saturated carbocycles. The van der Waals surface area contributed by atoms with Gasteiger partial charge in [0.15, 0.2) is 12.4 Å². The molecule has 1 N–H and O–H groups in total. The predicted molar refractivity (Wildman–Crippen MR) is 92.4 cm³/mol. The first kappa shape index (κ1) is 16.6. The molecule has 0 heterocycles. The van der Waals surface area contributed by atoms with E-state index in [1.165, 1.54) is 0 Å². The summed E-state index contributed by atoms with van der Waals surface area (Å²) in [5.74, 6) is 0.0993. The Morgan fingerprint density at radius 2 is 1.81 bits per heavy atom. The van der Waals surface area contributed by atoms with Crippen LogP contribution in [0.3, 0.4) is 0 Å². The van der Waals surface area contributed by atoms with Gasteiger partial charge in [0.1, 0.15) is 0 Å². The molecular weight excluding hydrogens is 445 g/mol. The topological polar surface area (TPSA) is 38.3 Å². The van der Waals surface area contributed by atoms with Gasteiger partial charge >= 0.3 is 0 Å². The monoisotopic (exact) mass is 451 g/mol. The highest BCUT2D eigenvalue weighted by molar-refractivity contribution is 9.10. The number of benzene rings is 2. The lowest BCUT2D eigenvalue weighted by molar-refractivity contribution is -0.118. The summed E-state index contributed by atoms with van der Waals surface area (Å²) in [5, 5.41) is 3.54. The molecule has 0 aliphatic carbocycles. The predicted octanol–water partition coefficient (Wildman–Crippen LogP) is 5.54. The first-order chi connectivity index (χ1) is 9.95. The lowest BCUT2D eigenvalue weighted by Crippen LogP contribution is -2.20. The van der Waals surface area contributed by atoms with Gasteiger partial charge in [-0.25, -0.2) is 0 Å². The Bertz CT molecular complexity index is 640. The molecule has 0 aliphatic rings. The SMILES string of the molecule is O=C(COc1c(Cl)cc(Cl)cc1Br)Nc1ccc(Br)cc1. The highest BCUT2D eigenvalue weighted by Crippen LogP contribution is 2.35. The van der Waals surface area contributed by atoms with Crippen molar-refractivity contribution in [3.63, 3.8) is 0 Å². The van der Waals surface area contributed by atoms with Crippen molar-refractivity contribution in [1.29, 1.82) is 0 Å². The van der Waals surface area contributed by atoms with Gasteiger partial charge in [-0.1, -0.05) is 39.1 Å². The zero-order chi connectivity index (χ0) is 15.4.